The second-order valence-corrected chi connectivity index (χ2v) is 6.54. The fourth-order valence-electron chi connectivity index (χ4n) is 1.57. The molecule has 0 aliphatic rings. The van der Waals surface area contributed by atoms with Gasteiger partial charge in [0, 0.05) is 31.4 Å². The zero-order valence-electron chi connectivity index (χ0n) is 11.8. The molecule has 19 heavy (non-hydrogen) atoms. The molecule has 0 fully saturated rings. The van der Waals surface area contributed by atoms with Crippen molar-refractivity contribution in [3.63, 3.8) is 0 Å². The van der Waals surface area contributed by atoms with Gasteiger partial charge in [0.1, 0.15) is 0 Å². The van der Waals surface area contributed by atoms with E-state index in [0.717, 1.165) is 0 Å². The van der Waals surface area contributed by atoms with E-state index in [1.165, 1.54) is 11.4 Å². The van der Waals surface area contributed by atoms with Gasteiger partial charge < -0.3 is 10.5 Å². The lowest BCUT2D eigenvalue weighted by atomic mass is 10.3. The van der Waals surface area contributed by atoms with Gasteiger partial charge in [-0.3, -0.25) is 5.10 Å². The van der Waals surface area contributed by atoms with Crippen LogP contribution in [0.15, 0.2) is 5.03 Å². The minimum Gasteiger partial charge on any atom is -0.377 e. The van der Waals surface area contributed by atoms with Crippen LogP contribution in [0.4, 0.5) is 0 Å². The van der Waals surface area contributed by atoms with Crippen LogP contribution in [0.2, 0.25) is 0 Å². The predicted octanol–water partition coefficient (Wildman–Crippen LogP) is 0.222. The van der Waals surface area contributed by atoms with Gasteiger partial charge >= 0.3 is 0 Å². The molecular formula is C11H22N4O3S. The molecule has 1 aromatic heterocycles. The van der Waals surface area contributed by atoms with Crippen LogP contribution in [-0.4, -0.2) is 49.2 Å². The molecule has 1 heterocycles. The van der Waals surface area contributed by atoms with E-state index in [2.05, 4.69) is 10.2 Å². The molecule has 0 aliphatic carbocycles. The standard InChI is InChI=1S/C11H22N4O3S/c1-8(2)18-6-5-15(4)19(16,17)11-10(7-12)9(3)13-14-11/h8H,5-7,12H2,1-4H3,(H,13,14). The molecule has 0 spiro atoms. The molecule has 0 unspecified atom stereocenters. The molecule has 0 aliphatic heterocycles. The number of likely N-dealkylation sites (N-methyl/N-ethyl adjacent to an activating group) is 1. The second-order valence-electron chi connectivity index (χ2n) is 4.58. The highest BCUT2D eigenvalue weighted by Gasteiger charge is 2.27. The number of ether oxygens (including phenoxy) is 1. The number of nitrogens with one attached hydrogen (secondary N) is 1. The molecular weight excluding hydrogens is 268 g/mol. The molecule has 0 atom stereocenters. The summed E-state index contributed by atoms with van der Waals surface area (Å²) in [6, 6.07) is 0. The first kappa shape index (κ1) is 16.1. The molecule has 1 aromatic rings. The first-order valence-electron chi connectivity index (χ1n) is 6.12. The Kier molecular flexibility index (Phi) is 5.48. The molecule has 110 valence electrons. The third-order valence-corrected chi connectivity index (χ3v) is 4.58. The Morgan fingerprint density at radius 3 is 2.63 bits per heavy atom. The van der Waals surface area contributed by atoms with Gasteiger partial charge in [-0.05, 0) is 20.8 Å². The Bertz CT molecular complexity index is 510. The Morgan fingerprint density at radius 1 is 1.47 bits per heavy atom. The molecule has 0 aromatic carbocycles. The fourth-order valence-corrected chi connectivity index (χ4v) is 2.89. The first-order chi connectivity index (χ1) is 8.80. The number of rotatable bonds is 7. The number of aromatic nitrogens is 2. The number of H-pyrrole nitrogens is 1. The van der Waals surface area contributed by atoms with E-state index in [0.29, 0.717) is 17.9 Å². The zero-order chi connectivity index (χ0) is 14.6. The number of hydrogen-bond acceptors (Lipinski definition) is 5. The second kappa shape index (κ2) is 6.47. The van der Waals surface area contributed by atoms with Crippen LogP contribution < -0.4 is 5.73 Å². The minimum absolute atomic E-state index is 0.000420. The number of sulfonamides is 1. The topological polar surface area (TPSA) is 101 Å². The van der Waals surface area contributed by atoms with E-state index < -0.39 is 10.0 Å². The van der Waals surface area contributed by atoms with Crippen molar-refractivity contribution in [3.8, 4) is 0 Å². The Labute approximate surface area is 114 Å². The zero-order valence-corrected chi connectivity index (χ0v) is 12.6. The van der Waals surface area contributed by atoms with E-state index in [4.69, 9.17) is 10.5 Å². The first-order valence-corrected chi connectivity index (χ1v) is 7.56. The van der Waals surface area contributed by atoms with Crippen molar-refractivity contribution in [2.45, 2.75) is 38.4 Å². The van der Waals surface area contributed by atoms with E-state index in [-0.39, 0.29) is 24.2 Å². The molecule has 7 nitrogen and oxygen atoms in total. The van der Waals surface area contributed by atoms with Gasteiger partial charge in [0.05, 0.1) is 12.7 Å². The van der Waals surface area contributed by atoms with E-state index >= 15 is 0 Å². The largest absolute Gasteiger partial charge is 0.377 e. The SMILES string of the molecule is Cc1[nH]nc(S(=O)(=O)N(C)CCOC(C)C)c1CN. The summed E-state index contributed by atoms with van der Waals surface area (Å²) in [5.74, 6) is 0. The smallest absolute Gasteiger partial charge is 0.262 e. The monoisotopic (exact) mass is 290 g/mol. The van der Waals surface area contributed by atoms with Crippen molar-refractivity contribution in [3.05, 3.63) is 11.3 Å². The van der Waals surface area contributed by atoms with Crippen LogP contribution in [0.5, 0.6) is 0 Å². The highest BCUT2D eigenvalue weighted by Crippen LogP contribution is 2.18. The van der Waals surface area contributed by atoms with Crippen molar-refractivity contribution >= 4 is 10.0 Å². The van der Waals surface area contributed by atoms with E-state index in [1.807, 2.05) is 13.8 Å². The normalized spacial score (nSPS) is 12.6. The van der Waals surface area contributed by atoms with Crippen LogP contribution in [0.25, 0.3) is 0 Å². The third-order valence-electron chi connectivity index (χ3n) is 2.75. The van der Waals surface area contributed by atoms with Gasteiger partial charge in [-0.15, -0.1) is 0 Å². The molecule has 8 heteroatoms. The highest BCUT2D eigenvalue weighted by molar-refractivity contribution is 7.89. The quantitative estimate of drug-likeness (QED) is 0.748. The van der Waals surface area contributed by atoms with Crippen LogP contribution in [0.1, 0.15) is 25.1 Å². The summed E-state index contributed by atoms with van der Waals surface area (Å²) in [6.45, 7) is 6.30. The van der Waals surface area contributed by atoms with Crippen molar-refractivity contribution in [1.82, 2.24) is 14.5 Å². The number of hydrogen-bond donors (Lipinski definition) is 2. The van der Waals surface area contributed by atoms with Crippen molar-refractivity contribution < 1.29 is 13.2 Å². The summed E-state index contributed by atoms with van der Waals surface area (Å²) in [5.41, 5.74) is 6.76. The maximum atomic E-state index is 12.3. The molecule has 1 rings (SSSR count). The average Bonchev–Trinajstić information content (AvgIpc) is 2.70. The number of aryl methyl sites for hydroxylation is 1. The lowest BCUT2D eigenvalue weighted by Crippen LogP contribution is -2.32. The Hall–Kier alpha value is -0.960. The van der Waals surface area contributed by atoms with Gasteiger partial charge in [0.2, 0.25) is 0 Å². The maximum Gasteiger partial charge on any atom is 0.262 e. The molecule has 0 saturated carbocycles. The van der Waals surface area contributed by atoms with Crippen LogP contribution in [0, 0.1) is 6.92 Å². The average molecular weight is 290 g/mol. The number of aromatic amines is 1. The Balaban J connectivity index is 2.85. The van der Waals surface area contributed by atoms with Crippen molar-refractivity contribution in [1.29, 1.82) is 0 Å². The van der Waals surface area contributed by atoms with Gasteiger partial charge in [-0.1, -0.05) is 0 Å². The van der Waals surface area contributed by atoms with E-state index in [1.54, 1.807) is 6.92 Å². The molecule has 0 radical (unpaired) electrons. The summed E-state index contributed by atoms with van der Waals surface area (Å²) in [4.78, 5) is 0. The Morgan fingerprint density at radius 2 is 2.11 bits per heavy atom. The third kappa shape index (κ3) is 3.75. The van der Waals surface area contributed by atoms with Crippen molar-refractivity contribution in [2.75, 3.05) is 20.2 Å². The minimum atomic E-state index is -3.63. The van der Waals surface area contributed by atoms with Crippen LogP contribution in [-0.2, 0) is 21.3 Å². The molecule has 3 N–H and O–H groups in total. The van der Waals surface area contributed by atoms with Crippen molar-refractivity contribution in [2.24, 2.45) is 5.73 Å². The summed E-state index contributed by atoms with van der Waals surface area (Å²) in [5, 5.41) is 6.50. The van der Waals surface area contributed by atoms with Gasteiger partial charge in [-0.2, -0.15) is 9.40 Å². The molecule has 0 bridgehead atoms. The summed E-state index contributed by atoms with van der Waals surface area (Å²) in [7, 11) is -2.12. The summed E-state index contributed by atoms with van der Waals surface area (Å²) < 4.78 is 31.2. The highest BCUT2D eigenvalue weighted by atomic mass is 32.2. The molecule has 0 amide bonds. The summed E-state index contributed by atoms with van der Waals surface area (Å²) in [6.07, 6.45) is 0.0725. The van der Waals surface area contributed by atoms with Crippen LogP contribution >= 0.6 is 0 Å². The van der Waals surface area contributed by atoms with Gasteiger partial charge in [-0.25, -0.2) is 8.42 Å². The maximum absolute atomic E-state index is 12.3. The van der Waals surface area contributed by atoms with E-state index in [9.17, 15) is 8.42 Å². The summed E-state index contributed by atoms with van der Waals surface area (Å²) >= 11 is 0. The molecule has 0 saturated heterocycles. The van der Waals surface area contributed by atoms with Gasteiger partial charge in [0.15, 0.2) is 5.03 Å². The lowest BCUT2D eigenvalue weighted by Gasteiger charge is -2.17. The number of nitrogens with two attached hydrogens (primary N) is 1. The van der Waals surface area contributed by atoms with Gasteiger partial charge in [0.25, 0.3) is 10.0 Å². The van der Waals surface area contributed by atoms with Crippen LogP contribution in [0.3, 0.4) is 0 Å². The fraction of sp³-hybridized carbons (Fsp3) is 0.727. The predicted molar refractivity (Wildman–Crippen MR) is 72.1 cm³/mol. The lowest BCUT2D eigenvalue weighted by molar-refractivity contribution is 0.0737. The number of nitrogens with zero attached hydrogens (tertiary/aromatic N) is 2.